The molecule has 3 aromatic rings. The van der Waals surface area contributed by atoms with Crippen LogP contribution in [0.4, 0.5) is 10.1 Å². The minimum absolute atomic E-state index is 0.0416. The molecule has 0 heterocycles. The SMILES string of the molecule is COc1cc(/C=C(\C#N)C(=O)Nc2cccc(I)c2)ccc1OCc1ccccc1F. The average Bonchev–Trinajstić information content (AvgIpc) is 2.77. The highest BCUT2D eigenvalue weighted by molar-refractivity contribution is 14.1. The van der Waals surface area contributed by atoms with E-state index in [4.69, 9.17) is 9.47 Å². The van der Waals surface area contributed by atoms with Gasteiger partial charge in [-0.15, -0.1) is 0 Å². The zero-order valence-corrected chi connectivity index (χ0v) is 18.7. The zero-order chi connectivity index (χ0) is 22.2. The van der Waals surface area contributed by atoms with Crippen molar-refractivity contribution in [3.63, 3.8) is 0 Å². The molecular formula is C24H18FIN2O3. The summed E-state index contributed by atoms with van der Waals surface area (Å²) in [6.07, 6.45) is 1.46. The van der Waals surface area contributed by atoms with Crippen LogP contribution in [0.2, 0.25) is 0 Å². The highest BCUT2D eigenvalue weighted by atomic mass is 127. The van der Waals surface area contributed by atoms with Crippen molar-refractivity contribution in [2.75, 3.05) is 12.4 Å². The van der Waals surface area contributed by atoms with Gasteiger partial charge in [-0.1, -0.05) is 30.3 Å². The lowest BCUT2D eigenvalue weighted by atomic mass is 10.1. The van der Waals surface area contributed by atoms with Gasteiger partial charge >= 0.3 is 0 Å². The minimum Gasteiger partial charge on any atom is -0.493 e. The largest absolute Gasteiger partial charge is 0.493 e. The van der Waals surface area contributed by atoms with Crippen molar-refractivity contribution < 1.29 is 18.7 Å². The van der Waals surface area contributed by atoms with Crippen molar-refractivity contribution in [2.24, 2.45) is 0 Å². The average molecular weight is 528 g/mol. The number of hydrogen-bond donors (Lipinski definition) is 1. The molecule has 0 aliphatic carbocycles. The first-order chi connectivity index (χ1) is 15.0. The lowest BCUT2D eigenvalue weighted by molar-refractivity contribution is -0.112. The second-order valence-electron chi connectivity index (χ2n) is 6.42. The summed E-state index contributed by atoms with van der Waals surface area (Å²) >= 11 is 2.14. The van der Waals surface area contributed by atoms with Crippen molar-refractivity contribution in [1.29, 1.82) is 5.26 Å². The van der Waals surface area contributed by atoms with E-state index in [0.29, 0.717) is 28.3 Å². The Morgan fingerprint density at radius 3 is 2.65 bits per heavy atom. The molecule has 3 rings (SSSR count). The monoisotopic (exact) mass is 528 g/mol. The molecule has 156 valence electrons. The molecule has 0 aromatic heterocycles. The number of halogens is 2. The van der Waals surface area contributed by atoms with E-state index in [-0.39, 0.29) is 18.0 Å². The fraction of sp³-hybridized carbons (Fsp3) is 0.0833. The maximum atomic E-state index is 13.8. The van der Waals surface area contributed by atoms with Crippen LogP contribution in [0.5, 0.6) is 11.5 Å². The van der Waals surface area contributed by atoms with Gasteiger partial charge in [-0.05, 0) is 70.6 Å². The van der Waals surface area contributed by atoms with Crippen molar-refractivity contribution in [3.05, 3.63) is 92.8 Å². The summed E-state index contributed by atoms with van der Waals surface area (Å²) in [5.74, 6) is -0.0349. The third kappa shape index (κ3) is 6.06. The fourth-order valence-electron chi connectivity index (χ4n) is 2.74. The lowest BCUT2D eigenvalue weighted by Gasteiger charge is -2.12. The molecule has 0 radical (unpaired) electrons. The van der Waals surface area contributed by atoms with Crippen LogP contribution in [-0.2, 0) is 11.4 Å². The Morgan fingerprint density at radius 1 is 1.13 bits per heavy atom. The second-order valence-corrected chi connectivity index (χ2v) is 7.67. The molecule has 0 saturated carbocycles. The van der Waals surface area contributed by atoms with Crippen molar-refractivity contribution in [2.45, 2.75) is 6.61 Å². The van der Waals surface area contributed by atoms with Crippen LogP contribution in [0.3, 0.4) is 0 Å². The van der Waals surface area contributed by atoms with Gasteiger partial charge in [0.05, 0.1) is 7.11 Å². The predicted molar refractivity (Wildman–Crippen MR) is 125 cm³/mol. The smallest absolute Gasteiger partial charge is 0.266 e. The number of nitrogens with one attached hydrogen (secondary N) is 1. The van der Waals surface area contributed by atoms with Gasteiger partial charge < -0.3 is 14.8 Å². The number of amides is 1. The third-order valence-corrected chi connectivity index (χ3v) is 4.96. The van der Waals surface area contributed by atoms with Gasteiger partial charge in [0.2, 0.25) is 0 Å². The van der Waals surface area contributed by atoms with Gasteiger partial charge in [-0.3, -0.25) is 4.79 Å². The fourth-order valence-corrected chi connectivity index (χ4v) is 3.29. The predicted octanol–water partition coefficient (Wildman–Crippen LogP) is 5.56. The molecule has 0 aliphatic heterocycles. The first kappa shape index (κ1) is 22.3. The molecule has 0 saturated heterocycles. The standard InChI is InChI=1S/C24H18FIN2O3/c1-30-23-12-16(9-10-22(23)31-15-17-5-2-3-8-21(17)25)11-18(14-27)24(29)28-20-7-4-6-19(26)13-20/h2-13H,15H2,1H3,(H,28,29)/b18-11+. The molecule has 0 bridgehead atoms. The maximum Gasteiger partial charge on any atom is 0.266 e. The van der Waals surface area contributed by atoms with Crippen LogP contribution < -0.4 is 14.8 Å². The second kappa shape index (κ2) is 10.6. The quantitative estimate of drug-likeness (QED) is 0.248. The number of carbonyl (C=O) groups is 1. The van der Waals surface area contributed by atoms with Crippen molar-refractivity contribution >= 4 is 40.3 Å². The van der Waals surface area contributed by atoms with E-state index in [1.54, 1.807) is 48.5 Å². The molecule has 0 spiro atoms. The molecule has 0 unspecified atom stereocenters. The molecule has 0 fully saturated rings. The van der Waals surface area contributed by atoms with E-state index in [1.807, 2.05) is 18.2 Å². The molecule has 31 heavy (non-hydrogen) atoms. The first-order valence-corrected chi connectivity index (χ1v) is 10.3. The number of rotatable bonds is 7. The Labute approximate surface area is 193 Å². The highest BCUT2D eigenvalue weighted by Crippen LogP contribution is 2.30. The number of nitriles is 1. The molecule has 3 aromatic carbocycles. The summed E-state index contributed by atoms with van der Waals surface area (Å²) in [6, 6.07) is 20.5. The van der Waals surface area contributed by atoms with E-state index in [9.17, 15) is 14.4 Å². The van der Waals surface area contributed by atoms with Crippen LogP contribution in [0.25, 0.3) is 6.08 Å². The Morgan fingerprint density at radius 2 is 1.94 bits per heavy atom. The van der Waals surface area contributed by atoms with Crippen LogP contribution in [-0.4, -0.2) is 13.0 Å². The Balaban J connectivity index is 1.76. The summed E-state index contributed by atoms with van der Waals surface area (Å²) in [4.78, 5) is 12.5. The molecule has 1 amide bonds. The number of benzene rings is 3. The third-order valence-electron chi connectivity index (χ3n) is 4.29. The van der Waals surface area contributed by atoms with Crippen LogP contribution in [0, 0.1) is 20.7 Å². The van der Waals surface area contributed by atoms with Gasteiger partial charge in [0.25, 0.3) is 5.91 Å². The number of ether oxygens (including phenoxy) is 2. The van der Waals surface area contributed by atoms with E-state index >= 15 is 0 Å². The Hall–Kier alpha value is -3.38. The molecule has 1 N–H and O–H groups in total. The van der Waals surface area contributed by atoms with E-state index in [1.165, 1.54) is 19.3 Å². The summed E-state index contributed by atoms with van der Waals surface area (Å²) in [6.45, 7) is 0.0416. The Bertz CT molecular complexity index is 1170. The van der Waals surface area contributed by atoms with Crippen LogP contribution in [0.1, 0.15) is 11.1 Å². The molecule has 7 heteroatoms. The van der Waals surface area contributed by atoms with E-state index in [0.717, 1.165) is 3.57 Å². The number of methoxy groups -OCH3 is 1. The minimum atomic E-state index is -0.511. The normalized spacial score (nSPS) is 10.8. The summed E-state index contributed by atoms with van der Waals surface area (Å²) in [5.41, 5.74) is 1.56. The molecule has 5 nitrogen and oxygen atoms in total. The van der Waals surface area contributed by atoms with Gasteiger partial charge in [-0.25, -0.2) is 4.39 Å². The van der Waals surface area contributed by atoms with Gasteiger partial charge in [0.15, 0.2) is 11.5 Å². The number of carbonyl (C=O) groups excluding carboxylic acids is 1. The first-order valence-electron chi connectivity index (χ1n) is 9.23. The number of anilines is 1. The van der Waals surface area contributed by atoms with E-state index < -0.39 is 5.91 Å². The van der Waals surface area contributed by atoms with E-state index in [2.05, 4.69) is 27.9 Å². The maximum absolute atomic E-state index is 13.8. The zero-order valence-electron chi connectivity index (χ0n) is 16.6. The van der Waals surface area contributed by atoms with Gasteiger partial charge in [-0.2, -0.15) is 5.26 Å². The highest BCUT2D eigenvalue weighted by Gasteiger charge is 2.12. The summed E-state index contributed by atoms with van der Waals surface area (Å²) < 4.78 is 25.8. The van der Waals surface area contributed by atoms with Crippen molar-refractivity contribution in [1.82, 2.24) is 0 Å². The number of nitrogens with zero attached hydrogens (tertiary/aromatic N) is 1. The van der Waals surface area contributed by atoms with Crippen LogP contribution >= 0.6 is 22.6 Å². The van der Waals surface area contributed by atoms with Gasteiger partial charge in [0, 0.05) is 14.8 Å². The van der Waals surface area contributed by atoms with Gasteiger partial charge in [0.1, 0.15) is 24.1 Å². The Kier molecular flexibility index (Phi) is 7.62. The topological polar surface area (TPSA) is 71.3 Å². The van der Waals surface area contributed by atoms with Crippen molar-refractivity contribution in [3.8, 4) is 17.6 Å². The number of hydrogen-bond acceptors (Lipinski definition) is 4. The summed E-state index contributed by atoms with van der Waals surface area (Å²) in [7, 11) is 1.48. The molecule has 0 aliphatic rings. The lowest BCUT2D eigenvalue weighted by Crippen LogP contribution is -2.13. The molecular weight excluding hydrogens is 510 g/mol. The van der Waals surface area contributed by atoms with Crippen LogP contribution in [0.15, 0.2) is 72.3 Å². The molecule has 0 atom stereocenters. The summed E-state index contributed by atoms with van der Waals surface area (Å²) in [5, 5.41) is 12.1.